The third-order valence-corrected chi connectivity index (χ3v) is 4.17. The van der Waals surface area contributed by atoms with Gasteiger partial charge in [0.2, 0.25) is 0 Å². The van der Waals surface area contributed by atoms with Crippen LogP contribution in [0.4, 0.5) is 0 Å². The molecule has 100 valence electrons. The molecule has 0 fully saturated rings. The summed E-state index contributed by atoms with van der Waals surface area (Å²) in [4.78, 5) is 5.66. The molecule has 1 aromatic heterocycles. The van der Waals surface area contributed by atoms with E-state index in [1.54, 1.807) is 11.8 Å². The van der Waals surface area contributed by atoms with Gasteiger partial charge < -0.3 is 5.73 Å². The number of nitrogens with two attached hydrogens (primary N) is 1. The summed E-state index contributed by atoms with van der Waals surface area (Å²) < 4.78 is 0. The maximum absolute atomic E-state index is 5.83. The molecule has 2 nitrogen and oxygen atoms in total. The summed E-state index contributed by atoms with van der Waals surface area (Å²) in [7, 11) is 0. The monoisotopic (exact) mass is 280 g/mol. The molecule has 0 radical (unpaired) electrons. The van der Waals surface area contributed by atoms with Crippen LogP contribution in [0.1, 0.15) is 18.5 Å². The highest BCUT2D eigenvalue weighted by atomic mass is 32.2. The molecule has 1 heterocycles. The minimum Gasteiger partial charge on any atom is -0.324 e. The fourth-order valence-corrected chi connectivity index (χ4v) is 2.88. The maximum atomic E-state index is 5.83. The van der Waals surface area contributed by atoms with Crippen molar-refractivity contribution in [3.05, 3.63) is 66.4 Å². The number of hydrogen-bond acceptors (Lipinski definition) is 3. The Labute approximate surface area is 123 Å². The molecule has 2 N–H and O–H groups in total. The van der Waals surface area contributed by atoms with Crippen LogP contribution in [0.15, 0.2) is 70.7 Å². The summed E-state index contributed by atoms with van der Waals surface area (Å²) in [6.45, 7) is 1.97. The first kappa shape index (κ1) is 13.2. The minimum atomic E-state index is 0.0298. The fourth-order valence-electron chi connectivity index (χ4n) is 2.07. The Morgan fingerprint density at radius 1 is 1.00 bits per heavy atom. The zero-order valence-corrected chi connectivity index (χ0v) is 12.1. The molecule has 3 heteroatoms. The Morgan fingerprint density at radius 3 is 2.50 bits per heavy atom. The predicted molar refractivity (Wildman–Crippen MR) is 84.9 cm³/mol. The Kier molecular flexibility index (Phi) is 3.72. The summed E-state index contributed by atoms with van der Waals surface area (Å²) in [5.74, 6) is 0. The van der Waals surface area contributed by atoms with E-state index in [0.717, 1.165) is 10.6 Å². The van der Waals surface area contributed by atoms with E-state index in [-0.39, 0.29) is 6.04 Å². The molecular formula is C17H16N2S. The molecule has 0 saturated carbocycles. The van der Waals surface area contributed by atoms with E-state index >= 15 is 0 Å². The number of nitrogens with zero attached hydrogens (tertiary/aromatic N) is 1. The molecule has 0 aliphatic rings. The van der Waals surface area contributed by atoms with E-state index in [2.05, 4.69) is 47.4 Å². The van der Waals surface area contributed by atoms with Gasteiger partial charge in [-0.15, -0.1) is 0 Å². The highest BCUT2D eigenvalue weighted by molar-refractivity contribution is 7.99. The summed E-state index contributed by atoms with van der Waals surface area (Å²) in [5.41, 5.74) is 6.89. The van der Waals surface area contributed by atoms with E-state index in [0.29, 0.717) is 0 Å². The number of hydrogen-bond donors (Lipinski definition) is 1. The Hall–Kier alpha value is -1.84. The van der Waals surface area contributed by atoms with Gasteiger partial charge in [0.25, 0.3) is 0 Å². The topological polar surface area (TPSA) is 38.9 Å². The zero-order chi connectivity index (χ0) is 13.9. The molecule has 0 aliphatic carbocycles. The fraction of sp³-hybridized carbons (Fsp3) is 0.118. The zero-order valence-electron chi connectivity index (χ0n) is 11.3. The van der Waals surface area contributed by atoms with E-state index in [1.807, 2.05) is 25.3 Å². The van der Waals surface area contributed by atoms with Gasteiger partial charge in [0, 0.05) is 17.1 Å². The molecule has 3 aromatic rings. The van der Waals surface area contributed by atoms with Crippen LogP contribution in [0.5, 0.6) is 0 Å². The predicted octanol–water partition coefficient (Wildman–Crippen LogP) is 4.41. The van der Waals surface area contributed by atoms with E-state index < -0.39 is 0 Å². The van der Waals surface area contributed by atoms with E-state index in [1.165, 1.54) is 15.7 Å². The van der Waals surface area contributed by atoms with Crippen molar-refractivity contribution < 1.29 is 0 Å². The summed E-state index contributed by atoms with van der Waals surface area (Å²) in [6.07, 6.45) is 1.86. The van der Waals surface area contributed by atoms with Crippen molar-refractivity contribution in [1.82, 2.24) is 4.98 Å². The van der Waals surface area contributed by atoms with Gasteiger partial charge in [-0.05, 0) is 41.5 Å². The van der Waals surface area contributed by atoms with Crippen LogP contribution >= 0.6 is 11.8 Å². The smallest absolute Gasteiger partial charge is 0.101 e. The first-order valence-corrected chi connectivity index (χ1v) is 7.42. The largest absolute Gasteiger partial charge is 0.324 e. The van der Waals surface area contributed by atoms with Crippen molar-refractivity contribution in [3.8, 4) is 0 Å². The van der Waals surface area contributed by atoms with Crippen LogP contribution in [-0.2, 0) is 0 Å². The third kappa shape index (κ3) is 2.84. The van der Waals surface area contributed by atoms with Crippen LogP contribution in [0.2, 0.25) is 0 Å². The lowest BCUT2D eigenvalue weighted by Gasteiger charge is -2.06. The van der Waals surface area contributed by atoms with Crippen LogP contribution in [0.3, 0.4) is 0 Å². The average Bonchev–Trinajstić information content (AvgIpc) is 2.48. The second kappa shape index (κ2) is 5.65. The third-order valence-electron chi connectivity index (χ3n) is 3.23. The number of aromatic nitrogens is 1. The molecule has 1 atom stereocenters. The minimum absolute atomic E-state index is 0.0298. The van der Waals surface area contributed by atoms with Crippen molar-refractivity contribution >= 4 is 22.5 Å². The average molecular weight is 280 g/mol. The van der Waals surface area contributed by atoms with Gasteiger partial charge in [0.1, 0.15) is 5.03 Å². The summed E-state index contributed by atoms with van der Waals surface area (Å²) >= 11 is 1.67. The highest BCUT2D eigenvalue weighted by Gasteiger charge is 2.03. The molecule has 3 rings (SSSR count). The number of benzene rings is 2. The van der Waals surface area contributed by atoms with Gasteiger partial charge in [-0.1, -0.05) is 48.2 Å². The standard InChI is InChI=1S/C17H16N2S/c1-12(18)15-7-9-17(19-11-15)20-16-8-6-13-4-2-3-5-14(13)10-16/h2-12H,18H2,1H3/t12-/m0/s1. The van der Waals surface area contributed by atoms with Crippen LogP contribution in [-0.4, -0.2) is 4.98 Å². The molecule has 20 heavy (non-hydrogen) atoms. The first-order valence-electron chi connectivity index (χ1n) is 6.60. The molecule has 2 aromatic carbocycles. The molecule has 0 spiro atoms. The van der Waals surface area contributed by atoms with Gasteiger partial charge in [-0.2, -0.15) is 0 Å². The maximum Gasteiger partial charge on any atom is 0.101 e. The highest BCUT2D eigenvalue weighted by Crippen LogP contribution is 2.29. The van der Waals surface area contributed by atoms with Crippen molar-refractivity contribution in [2.75, 3.05) is 0 Å². The summed E-state index contributed by atoms with van der Waals surface area (Å²) in [5, 5.41) is 3.51. The SMILES string of the molecule is C[C@H](N)c1ccc(Sc2ccc3ccccc3c2)nc1. The van der Waals surface area contributed by atoms with Crippen LogP contribution < -0.4 is 5.73 Å². The number of pyridine rings is 1. The van der Waals surface area contributed by atoms with Gasteiger partial charge in [-0.3, -0.25) is 0 Å². The normalized spacial score (nSPS) is 12.5. The van der Waals surface area contributed by atoms with E-state index in [9.17, 15) is 0 Å². The quantitative estimate of drug-likeness (QED) is 0.772. The molecule has 0 aliphatic heterocycles. The van der Waals surface area contributed by atoms with Crippen molar-refractivity contribution in [2.24, 2.45) is 5.73 Å². The summed E-state index contributed by atoms with van der Waals surface area (Å²) in [6, 6.07) is 19.0. The lowest BCUT2D eigenvalue weighted by molar-refractivity contribution is 0.806. The Balaban J connectivity index is 1.85. The molecule has 0 bridgehead atoms. The van der Waals surface area contributed by atoms with Crippen molar-refractivity contribution in [3.63, 3.8) is 0 Å². The van der Waals surface area contributed by atoms with Crippen LogP contribution in [0.25, 0.3) is 10.8 Å². The van der Waals surface area contributed by atoms with Gasteiger partial charge in [0.15, 0.2) is 0 Å². The Bertz CT molecular complexity index is 720. The second-order valence-corrected chi connectivity index (χ2v) is 5.92. The lowest BCUT2D eigenvalue weighted by Crippen LogP contribution is -2.04. The molecular weight excluding hydrogens is 264 g/mol. The second-order valence-electron chi connectivity index (χ2n) is 4.83. The number of rotatable bonds is 3. The van der Waals surface area contributed by atoms with Crippen molar-refractivity contribution in [2.45, 2.75) is 22.9 Å². The number of fused-ring (bicyclic) bond motifs is 1. The van der Waals surface area contributed by atoms with E-state index in [4.69, 9.17) is 5.73 Å². The van der Waals surface area contributed by atoms with Crippen LogP contribution in [0, 0.1) is 0 Å². The molecule has 0 unspecified atom stereocenters. The van der Waals surface area contributed by atoms with Gasteiger partial charge in [0.05, 0.1) is 0 Å². The lowest BCUT2D eigenvalue weighted by atomic mass is 10.1. The molecule has 0 saturated heterocycles. The molecule has 0 amide bonds. The van der Waals surface area contributed by atoms with Crippen molar-refractivity contribution in [1.29, 1.82) is 0 Å². The van der Waals surface area contributed by atoms with Gasteiger partial charge >= 0.3 is 0 Å². The Morgan fingerprint density at radius 2 is 1.80 bits per heavy atom. The van der Waals surface area contributed by atoms with Gasteiger partial charge in [-0.25, -0.2) is 4.98 Å². The first-order chi connectivity index (χ1) is 9.72.